The molecule has 2 aliphatic heterocycles. The highest BCUT2D eigenvalue weighted by molar-refractivity contribution is 5.74. The number of hydrogen-bond donors (Lipinski definition) is 0. The smallest absolute Gasteiger partial charge is 0.220 e. The summed E-state index contributed by atoms with van der Waals surface area (Å²) in [6.45, 7) is 8.47. The predicted molar refractivity (Wildman–Crippen MR) is 99.5 cm³/mol. The van der Waals surface area contributed by atoms with Crippen LogP contribution in [0.1, 0.15) is 48.6 Å². The van der Waals surface area contributed by atoms with E-state index in [2.05, 4.69) is 50.9 Å². The molecule has 1 atom stereocenters. The zero-order valence-corrected chi connectivity index (χ0v) is 15.7. The van der Waals surface area contributed by atoms with E-state index < -0.39 is 0 Å². The third-order valence-corrected chi connectivity index (χ3v) is 5.59. The van der Waals surface area contributed by atoms with Gasteiger partial charge in [0.2, 0.25) is 5.91 Å². The molecular formula is C20H27N5O. The van der Waals surface area contributed by atoms with E-state index in [0.717, 1.165) is 63.6 Å². The fraction of sp³-hybridized carbons (Fsp3) is 0.550. The van der Waals surface area contributed by atoms with Crippen LogP contribution in [0.2, 0.25) is 0 Å². The highest BCUT2D eigenvalue weighted by atomic mass is 16.2. The summed E-state index contributed by atoms with van der Waals surface area (Å²) >= 11 is 0. The molecule has 26 heavy (non-hydrogen) atoms. The van der Waals surface area contributed by atoms with Crippen LogP contribution in [-0.2, 0) is 24.3 Å². The number of nitrogens with zero attached hydrogens (tertiary/aromatic N) is 5. The Labute approximate surface area is 154 Å². The van der Waals surface area contributed by atoms with E-state index in [1.165, 1.54) is 11.1 Å². The van der Waals surface area contributed by atoms with E-state index in [-0.39, 0.29) is 11.9 Å². The van der Waals surface area contributed by atoms with Crippen LogP contribution in [0.4, 0.5) is 0 Å². The van der Waals surface area contributed by atoms with Gasteiger partial charge in [0.05, 0.1) is 6.04 Å². The SMILES string of the molecule is CC(=O)N1CCCC1c1nnc2n1CCN(Cc1cccc(C)c1)CC2. The molecule has 1 aromatic carbocycles. The standard InChI is InChI=1S/C20H27N5O/c1-15-5-3-6-17(13-15)14-23-10-8-19-21-22-20(25(19)12-11-23)18-7-4-9-24(18)16(2)26/h3,5-6,13,18H,4,7-12,14H2,1-2H3. The first-order chi connectivity index (χ1) is 12.6. The number of fused-ring (bicyclic) bond motifs is 1. The topological polar surface area (TPSA) is 54.3 Å². The summed E-state index contributed by atoms with van der Waals surface area (Å²) in [5, 5.41) is 8.93. The van der Waals surface area contributed by atoms with Crippen molar-refractivity contribution in [2.24, 2.45) is 0 Å². The van der Waals surface area contributed by atoms with Crippen molar-refractivity contribution < 1.29 is 4.79 Å². The number of benzene rings is 1. The lowest BCUT2D eigenvalue weighted by Crippen LogP contribution is -2.31. The second kappa shape index (κ2) is 7.19. The second-order valence-corrected chi connectivity index (χ2v) is 7.51. The number of likely N-dealkylation sites (tertiary alicyclic amines) is 1. The minimum Gasteiger partial charge on any atom is -0.333 e. The summed E-state index contributed by atoms with van der Waals surface area (Å²) in [5.41, 5.74) is 2.67. The van der Waals surface area contributed by atoms with E-state index in [4.69, 9.17) is 0 Å². The van der Waals surface area contributed by atoms with Crippen molar-refractivity contribution in [2.45, 2.75) is 52.2 Å². The van der Waals surface area contributed by atoms with Crippen molar-refractivity contribution in [1.82, 2.24) is 24.6 Å². The third-order valence-electron chi connectivity index (χ3n) is 5.59. The molecule has 6 nitrogen and oxygen atoms in total. The monoisotopic (exact) mass is 353 g/mol. The number of amides is 1. The highest BCUT2D eigenvalue weighted by Crippen LogP contribution is 2.31. The predicted octanol–water partition coefficient (Wildman–Crippen LogP) is 2.33. The minimum atomic E-state index is 0.0945. The Morgan fingerprint density at radius 2 is 2.08 bits per heavy atom. The Morgan fingerprint density at radius 1 is 1.19 bits per heavy atom. The van der Waals surface area contributed by atoms with Crippen LogP contribution in [0.25, 0.3) is 0 Å². The van der Waals surface area contributed by atoms with Crippen molar-refractivity contribution in [3.63, 3.8) is 0 Å². The van der Waals surface area contributed by atoms with Crippen LogP contribution in [0.15, 0.2) is 24.3 Å². The van der Waals surface area contributed by atoms with Gasteiger partial charge in [0.15, 0.2) is 5.82 Å². The average Bonchev–Trinajstić information content (AvgIpc) is 3.19. The van der Waals surface area contributed by atoms with E-state index >= 15 is 0 Å². The zero-order valence-electron chi connectivity index (χ0n) is 15.7. The van der Waals surface area contributed by atoms with Gasteiger partial charge >= 0.3 is 0 Å². The maximum Gasteiger partial charge on any atom is 0.220 e. The van der Waals surface area contributed by atoms with E-state index in [1.807, 2.05) is 4.90 Å². The second-order valence-electron chi connectivity index (χ2n) is 7.51. The molecule has 0 saturated carbocycles. The molecule has 0 radical (unpaired) electrons. The molecule has 0 bridgehead atoms. The third kappa shape index (κ3) is 3.38. The van der Waals surface area contributed by atoms with Gasteiger partial charge in [-0.05, 0) is 25.3 Å². The Morgan fingerprint density at radius 3 is 2.88 bits per heavy atom. The van der Waals surface area contributed by atoms with Gasteiger partial charge in [-0.15, -0.1) is 10.2 Å². The lowest BCUT2D eigenvalue weighted by Gasteiger charge is -2.24. The molecule has 1 saturated heterocycles. The van der Waals surface area contributed by atoms with Gasteiger partial charge in [-0.25, -0.2) is 0 Å². The molecule has 3 heterocycles. The summed E-state index contributed by atoms with van der Waals surface area (Å²) in [6, 6.07) is 8.83. The van der Waals surface area contributed by atoms with Gasteiger partial charge in [0.25, 0.3) is 0 Å². The Balaban J connectivity index is 1.49. The molecule has 2 aliphatic rings. The van der Waals surface area contributed by atoms with Crippen molar-refractivity contribution in [2.75, 3.05) is 19.6 Å². The lowest BCUT2D eigenvalue weighted by molar-refractivity contribution is -0.129. The maximum atomic E-state index is 11.9. The molecule has 138 valence electrons. The minimum absolute atomic E-state index is 0.0945. The highest BCUT2D eigenvalue weighted by Gasteiger charge is 2.33. The number of carbonyl (C=O) groups excluding carboxylic acids is 1. The normalized spacial score (nSPS) is 20.8. The molecule has 2 aromatic rings. The molecule has 1 fully saturated rings. The summed E-state index contributed by atoms with van der Waals surface area (Å²) in [5.74, 6) is 2.17. The van der Waals surface area contributed by atoms with E-state index in [0.29, 0.717) is 0 Å². The quantitative estimate of drug-likeness (QED) is 0.850. The summed E-state index contributed by atoms with van der Waals surface area (Å²) in [4.78, 5) is 16.4. The van der Waals surface area contributed by atoms with E-state index in [1.54, 1.807) is 6.92 Å². The fourth-order valence-electron chi connectivity index (χ4n) is 4.27. The molecule has 1 aromatic heterocycles. The first kappa shape index (κ1) is 17.2. The van der Waals surface area contributed by atoms with Gasteiger partial charge in [0.1, 0.15) is 5.82 Å². The maximum absolute atomic E-state index is 11.9. The molecule has 1 unspecified atom stereocenters. The van der Waals surface area contributed by atoms with Crippen LogP contribution in [0.5, 0.6) is 0 Å². The Kier molecular flexibility index (Phi) is 4.76. The number of carbonyl (C=O) groups is 1. The van der Waals surface area contributed by atoms with Gasteiger partial charge in [0, 0.05) is 46.1 Å². The number of aromatic nitrogens is 3. The Bertz CT molecular complexity index is 799. The summed E-state index contributed by atoms with van der Waals surface area (Å²) in [7, 11) is 0. The summed E-state index contributed by atoms with van der Waals surface area (Å²) < 4.78 is 2.27. The Hall–Kier alpha value is -2.21. The molecule has 0 N–H and O–H groups in total. The van der Waals surface area contributed by atoms with Crippen LogP contribution in [0.3, 0.4) is 0 Å². The molecule has 6 heteroatoms. The average molecular weight is 353 g/mol. The van der Waals surface area contributed by atoms with Gasteiger partial charge < -0.3 is 9.47 Å². The van der Waals surface area contributed by atoms with Gasteiger partial charge in [-0.2, -0.15) is 0 Å². The van der Waals surface area contributed by atoms with Crippen molar-refractivity contribution in [3.8, 4) is 0 Å². The first-order valence-corrected chi connectivity index (χ1v) is 9.59. The number of hydrogen-bond acceptors (Lipinski definition) is 4. The molecule has 1 amide bonds. The van der Waals surface area contributed by atoms with Crippen LogP contribution in [-0.4, -0.2) is 50.1 Å². The van der Waals surface area contributed by atoms with E-state index in [9.17, 15) is 4.79 Å². The number of rotatable bonds is 3. The summed E-state index contributed by atoms with van der Waals surface area (Å²) in [6.07, 6.45) is 2.95. The molecule has 0 aliphatic carbocycles. The van der Waals surface area contributed by atoms with Crippen LogP contribution < -0.4 is 0 Å². The van der Waals surface area contributed by atoms with Crippen LogP contribution >= 0.6 is 0 Å². The van der Waals surface area contributed by atoms with Crippen molar-refractivity contribution >= 4 is 5.91 Å². The first-order valence-electron chi connectivity index (χ1n) is 9.59. The molecular weight excluding hydrogens is 326 g/mol. The van der Waals surface area contributed by atoms with Crippen molar-refractivity contribution in [3.05, 3.63) is 47.0 Å². The van der Waals surface area contributed by atoms with Crippen LogP contribution in [0, 0.1) is 6.92 Å². The zero-order chi connectivity index (χ0) is 18.1. The van der Waals surface area contributed by atoms with Crippen molar-refractivity contribution in [1.29, 1.82) is 0 Å². The molecule has 0 spiro atoms. The van der Waals surface area contributed by atoms with Gasteiger partial charge in [-0.3, -0.25) is 9.69 Å². The number of aryl methyl sites for hydroxylation is 1. The largest absolute Gasteiger partial charge is 0.333 e. The van der Waals surface area contributed by atoms with Gasteiger partial charge in [-0.1, -0.05) is 29.8 Å². The fourth-order valence-corrected chi connectivity index (χ4v) is 4.27. The molecule has 4 rings (SSSR count). The lowest BCUT2D eigenvalue weighted by atomic mass is 10.1.